The molecule has 0 aromatic heterocycles. The van der Waals surface area contributed by atoms with Gasteiger partial charge in [0.1, 0.15) is 0 Å². The third kappa shape index (κ3) is 1.63. The van der Waals surface area contributed by atoms with Crippen LogP contribution in [0.5, 0.6) is 0 Å². The van der Waals surface area contributed by atoms with Crippen LogP contribution in [0.15, 0.2) is 0 Å². The Labute approximate surface area is 74.1 Å². The van der Waals surface area contributed by atoms with Gasteiger partial charge in [-0.1, -0.05) is 6.92 Å². The van der Waals surface area contributed by atoms with E-state index < -0.39 is 0 Å². The molecule has 0 aliphatic carbocycles. The summed E-state index contributed by atoms with van der Waals surface area (Å²) in [6, 6.07) is 0.260. The first-order valence-corrected chi connectivity index (χ1v) is 4.54. The van der Waals surface area contributed by atoms with E-state index >= 15 is 0 Å². The van der Waals surface area contributed by atoms with E-state index in [1.165, 1.54) is 0 Å². The number of ether oxygens (including phenoxy) is 1. The van der Waals surface area contributed by atoms with E-state index in [4.69, 9.17) is 4.74 Å². The maximum atomic E-state index is 9.27. The van der Waals surface area contributed by atoms with Crippen molar-refractivity contribution in [2.24, 2.45) is 5.41 Å². The van der Waals surface area contributed by atoms with Crippen LogP contribution in [0.25, 0.3) is 0 Å². The Morgan fingerprint density at radius 1 is 1.67 bits per heavy atom. The molecule has 72 valence electrons. The molecule has 3 unspecified atom stereocenters. The number of nitrogens with one attached hydrogen (secondary N) is 1. The van der Waals surface area contributed by atoms with Gasteiger partial charge in [0.2, 0.25) is 0 Å². The molecule has 0 amide bonds. The van der Waals surface area contributed by atoms with Crippen LogP contribution >= 0.6 is 0 Å². The van der Waals surface area contributed by atoms with Crippen LogP contribution in [0, 0.1) is 5.41 Å². The second-order valence-electron chi connectivity index (χ2n) is 3.90. The molecule has 1 aliphatic heterocycles. The zero-order valence-electron chi connectivity index (χ0n) is 8.13. The van der Waals surface area contributed by atoms with Gasteiger partial charge in [0.25, 0.3) is 0 Å². The van der Waals surface area contributed by atoms with Gasteiger partial charge < -0.3 is 15.2 Å². The molecule has 1 rings (SSSR count). The van der Waals surface area contributed by atoms with Gasteiger partial charge in [-0.15, -0.1) is 0 Å². The van der Waals surface area contributed by atoms with E-state index in [0.717, 1.165) is 13.0 Å². The highest BCUT2D eigenvalue weighted by molar-refractivity contribution is 4.93. The molecule has 0 aromatic rings. The second-order valence-corrected chi connectivity index (χ2v) is 3.90. The van der Waals surface area contributed by atoms with Crippen molar-refractivity contribution in [3.05, 3.63) is 0 Å². The number of hydrogen-bond acceptors (Lipinski definition) is 3. The highest BCUT2D eigenvalue weighted by atomic mass is 16.5. The van der Waals surface area contributed by atoms with Crippen molar-refractivity contribution in [2.75, 3.05) is 20.3 Å². The Hall–Kier alpha value is -0.120. The molecule has 1 aliphatic rings. The lowest BCUT2D eigenvalue weighted by atomic mass is 9.76. The normalized spacial score (nSPS) is 43.0. The predicted molar refractivity (Wildman–Crippen MR) is 48.1 cm³/mol. The van der Waals surface area contributed by atoms with Crippen LogP contribution in [0.2, 0.25) is 0 Å². The molecular formula is C9H19NO2. The van der Waals surface area contributed by atoms with Gasteiger partial charge in [0, 0.05) is 18.1 Å². The Morgan fingerprint density at radius 2 is 2.33 bits per heavy atom. The van der Waals surface area contributed by atoms with E-state index in [-0.39, 0.29) is 24.2 Å². The molecule has 0 bridgehead atoms. The zero-order valence-corrected chi connectivity index (χ0v) is 8.13. The van der Waals surface area contributed by atoms with Crippen LogP contribution in [-0.4, -0.2) is 37.5 Å². The number of rotatable bonds is 2. The van der Waals surface area contributed by atoms with Crippen LogP contribution in [0.4, 0.5) is 0 Å². The maximum Gasteiger partial charge on any atom is 0.0706 e. The smallest absolute Gasteiger partial charge is 0.0706 e. The third-order valence-electron chi connectivity index (χ3n) is 2.95. The minimum Gasteiger partial charge on any atom is -0.396 e. The fourth-order valence-corrected chi connectivity index (χ4v) is 2.06. The highest BCUT2D eigenvalue weighted by Crippen LogP contribution is 2.32. The minimum absolute atomic E-state index is 0.0214. The maximum absolute atomic E-state index is 9.27. The van der Waals surface area contributed by atoms with Crippen LogP contribution in [0.1, 0.15) is 20.3 Å². The predicted octanol–water partition coefficient (Wildman–Crippen LogP) is 0.382. The van der Waals surface area contributed by atoms with Gasteiger partial charge in [-0.25, -0.2) is 0 Å². The molecule has 3 atom stereocenters. The lowest BCUT2D eigenvalue weighted by Gasteiger charge is -2.43. The average Bonchev–Trinajstić information content (AvgIpc) is 2.05. The van der Waals surface area contributed by atoms with Crippen LogP contribution in [0.3, 0.4) is 0 Å². The minimum atomic E-state index is -0.0214. The van der Waals surface area contributed by atoms with Crippen molar-refractivity contribution < 1.29 is 9.84 Å². The van der Waals surface area contributed by atoms with Gasteiger partial charge in [-0.2, -0.15) is 0 Å². The summed E-state index contributed by atoms with van der Waals surface area (Å²) >= 11 is 0. The van der Waals surface area contributed by atoms with E-state index in [1.807, 2.05) is 14.0 Å². The van der Waals surface area contributed by atoms with Gasteiger partial charge in [0.05, 0.1) is 12.7 Å². The molecule has 12 heavy (non-hydrogen) atoms. The topological polar surface area (TPSA) is 41.5 Å². The highest BCUT2D eigenvalue weighted by Gasteiger charge is 2.39. The molecule has 3 heteroatoms. The summed E-state index contributed by atoms with van der Waals surface area (Å²) in [6.07, 6.45) is 1.13. The Kier molecular flexibility index (Phi) is 3.09. The SMILES string of the molecule is CNC1C(C)OCCC1(C)CO. The molecule has 0 saturated carbocycles. The van der Waals surface area contributed by atoms with Gasteiger partial charge in [-0.05, 0) is 20.4 Å². The zero-order chi connectivity index (χ0) is 9.19. The average molecular weight is 173 g/mol. The van der Waals surface area contributed by atoms with Gasteiger partial charge in [0.15, 0.2) is 0 Å². The Bertz CT molecular complexity index is 151. The lowest BCUT2D eigenvalue weighted by Crippen LogP contribution is -2.55. The quantitative estimate of drug-likeness (QED) is 0.634. The first kappa shape index (κ1) is 9.96. The van der Waals surface area contributed by atoms with Crippen molar-refractivity contribution in [3.8, 4) is 0 Å². The fourth-order valence-electron chi connectivity index (χ4n) is 2.06. The van der Waals surface area contributed by atoms with Crippen molar-refractivity contribution >= 4 is 0 Å². The summed E-state index contributed by atoms with van der Waals surface area (Å²) in [5.41, 5.74) is -0.0214. The summed E-state index contributed by atoms with van der Waals surface area (Å²) in [4.78, 5) is 0. The summed E-state index contributed by atoms with van der Waals surface area (Å²) in [7, 11) is 1.92. The third-order valence-corrected chi connectivity index (χ3v) is 2.95. The van der Waals surface area contributed by atoms with E-state index in [0.29, 0.717) is 0 Å². The summed E-state index contributed by atoms with van der Waals surface area (Å²) in [5, 5.41) is 12.5. The van der Waals surface area contributed by atoms with Gasteiger partial charge >= 0.3 is 0 Å². The summed E-state index contributed by atoms with van der Waals surface area (Å²) in [5.74, 6) is 0. The van der Waals surface area contributed by atoms with E-state index in [9.17, 15) is 5.11 Å². The first-order valence-electron chi connectivity index (χ1n) is 4.54. The van der Waals surface area contributed by atoms with Crippen LogP contribution < -0.4 is 5.32 Å². The Morgan fingerprint density at radius 3 is 2.75 bits per heavy atom. The molecule has 3 nitrogen and oxygen atoms in total. The fraction of sp³-hybridized carbons (Fsp3) is 1.00. The number of aliphatic hydroxyl groups is 1. The first-order chi connectivity index (χ1) is 5.64. The molecule has 1 fully saturated rings. The molecule has 0 spiro atoms. The van der Waals surface area contributed by atoms with Crippen molar-refractivity contribution in [2.45, 2.75) is 32.4 Å². The largest absolute Gasteiger partial charge is 0.396 e. The number of aliphatic hydroxyl groups excluding tert-OH is 1. The van der Waals surface area contributed by atoms with Crippen LogP contribution in [-0.2, 0) is 4.74 Å². The van der Waals surface area contributed by atoms with E-state index in [1.54, 1.807) is 0 Å². The molecule has 0 radical (unpaired) electrons. The van der Waals surface area contributed by atoms with E-state index in [2.05, 4.69) is 12.2 Å². The van der Waals surface area contributed by atoms with Crippen molar-refractivity contribution in [1.82, 2.24) is 5.32 Å². The Balaban J connectivity index is 2.70. The summed E-state index contributed by atoms with van der Waals surface area (Å²) < 4.78 is 5.50. The van der Waals surface area contributed by atoms with Crippen molar-refractivity contribution in [1.29, 1.82) is 0 Å². The monoisotopic (exact) mass is 173 g/mol. The number of likely N-dealkylation sites (N-methyl/N-ethyl adjacent to an activating group) is 1. The molecule has 1 heterocycles. The molecular weight excluding hydrogens is 154 g/mol. The molecule has 0 aromatic carbocycles. The van der Waals surface area contributed by atoms with Crippen molar-refractivity contribution in [3.63, 3.8) is 0 Å². The lowest BCUT2D eigenvalue weighted by molar-refractivity contribution is -0.0793. The molecule has 2 N–H and O–H groups in total. The molecule has 1 saturated heterocycles. The second kappa shape index (κ2) is 3.73. The number of hydrogen-bond donors (Lipinski definition) is 2. The summed E-state index contributed by atoms with van der Waals surface area (Å²) in [6.45, 7) is 5.14. The van der Waals surface area contributed by atoms with Gasteiger partial charge in [-0.3, -0.25) is 0 Å². The standard InChI is InChI=1S/C9H19NO2/c1-7-8(10-3)9(2,6-11)4-5-12-7/h7-8,10-11H,4-6H2,1-3H3.